The first-order valence-corrected chi connectivity index (χ1v) is 13.6. The number of likely N-dealkylation sites (tertiary alicyclic amines) is 2. The van der Waals surface area contributed by atoms with Gasteiger partial charge >= 0.3 is 5.97 Å². The molecule has 198 valence electrons. The van der Waals surface area contributed by atoms with Crippen LogP contribution in [0.25, 0.3) is 0 Å². The zero-order valence-electron chi connectivity index (χ0n) is 22.6. The van der Waals surface area contributed by atoms with E-state index in [1.54, 1.807) is 26.0 Å². The molecule has 0 radical (unpaired) electrons. The summed E-state index contributed by atoms with van der Waals surface area (Å²) in [5.74, 6) is 0.144. The lowest BCUT2D eigenvalue weighted by Crippen LogP contribution is -2.40. The first-order valence-electron chi connectivity index (χ1n) is 13.6. The molecule has 2 saturated heterocycles. The molecule has 2 aromatic rings. The van der Waals surface area contributed by atoms with Gasteiger partial charge in [-0.3, -0.25) is 9.48 Å². The maximum atomic E-state index is 14.1. The molecule has 1 aromatic carbocycles. The van der Waals surface area contributed by atoms with Crippen molar-refractivity contribution in [2.45, 2.75) is 72.3 Å². The van der Waals surface area contributed by atoms with Crippen molar-refractivity contribution in [2.24, 2.45) is 11.3 Å². The number of carboxylic acids is 1. The van der Waals surface area contributed by atoms with Crippen LogP contribution in [0.4, 0.5) is 4.39 Å². The van der Waals surface area contributed by atoms with Gasteiger partial charge in [0.2, 0.25) is 0 Å². The van der Waals surface area contributed by atoms with E-state index in [0.29, 0.717) is 18.4 Å². The van der Waals surface area contributed by atoms with Crippen molar-refractivity contribution in [1.29, 1.82) is 0 Å². The number of aromatic nitrogens is 2. The molecule has 36 heavy (non-hydrogen) atoms. The highest BCUT2D eigenvalue weighted by Crippen LogP contribution is 2.38. The van der Waals surface area contributed by atoms with Gasteiger partial charge in [-0.2, -0.15) is 5.10 Å². The topological polar surface area (TPSA) is 61.6 Å². The number of hydrogen-bond acceptors (Lipinski definition) is 4. The van der Waals surface area contributed by atoms with E-state index >= 15 is 0 Å². The predicted octanol–water partition coefficient (Wildman–Crippen LogP) is 4.92. The molecule has 1 aromatic heterocycles. The summed E-state index contributed by atoms with van der Waals surface area (Å²) < 4.78 is 16.2. The van der Waals surface area contributed by atoms with Gasteiger partial charge in [0.15, 0.2) is 0 Å². The summed E-state index contributed by atoms with van der Waals surface area (Å²) in [6.45, 7) is 16.3. The van der Waals surface area contributed by atoms with Gasteiger partial charge in [0.25, 0.3) is 0 Å². The van der Waals surface area contributed by atoms with E-state index < -0.39 is 11.4 Å². The number of halogens is 1. The smallest absolute Gasteiger partial charge is 0.310 e. The largest absolute Gasteiger partial charge is 0.481 e. The van der Waals surface area contributed by atoms with Crippen molar-refractivity contribution in [3.63, 3.8) is 0 Å². The number of rotatable bonds is 9. The van der Waals surface area contributed by atoms with Gasteiger partial charge in [-0.1, -0.05) is 19.1 Å². The van der Waals surface area contributed by atoms with Crippen LogP contribution in [0.1, 0.15) is 74.9 Å². The van der Waals surface area contributed by atoms with Crippen molar-refractivity contribution in [3.05, 3.63) is 52.6 Å². The average Bonchev–Trinajstić information content (AvgIpc) is 3.38. The average molecular weight is 499 g/mol. The second-order valence-electron chi connectivity index (χ2n) is 11.5. The molecule has 7 heteroatoms. The van der Waals surface area contributed by atoms with Gasteiger partial charge in [-0.05, 0) is 95.1 Å². The molecule has 3 heterocycles. The summed E-state index contributed by atoms with van der Waals surface area (Å²) in [6.07, 6.45) is 3.25. The number of benzene rings is 1. The van der Waals surface area contributed by atoms with Gasteiger partial charge in [0, 0.05) is 44.3 Å². The van der Waals surface area contributed by atoms with Crippen LogP contribution in [0.2, 0.25) is 0 Å². The molecule has 0 spiro atoms. The van der Waals surface area contributed by atoms with Gasteiger partial charge in [-0.15, -0.1) is 0 Å². The molecule has 4 rings (SSSR count). The number of nitrogens with zero attached hydrogens (tertiary/aromatic N) is 4. The van der Waals surface area contributed by atoms with Crippen molar-refractivity contribution in [1.82, 2.24) is 19.6 Å². The minimum atomic E-state index is -0.808. The molecule has 0 unspecified atom stereocenters. The predicted molar refractivity (Wildman–Crippen MR) is 141 cm³/mol. The fourth-order valence-corrected chi connectivity index (χ4v) is 6.47. The van der Waals surface area contributed by atoms with E-state index in [4.69, 9.17) is 5.10 Å². The molecular formula is C29H43FN4O2. The standard InChI is InChI=1S/C29H43FN4O2/c1-6-26-27(20(3)34(7-2)31-26)21-11-13-32(14-12-21)16-23-17-33(19-29(4,5)28(35)36)18-25(23)22-9-8-10-24(30)15-22/h8-10,15,21,23,25H,6-7,11-14,16-19H2,1-5H3,(H,35,36)/t23-,25+/m0/s1. The maximum absolute atomic E-state index is 14.1. The van der Waals surface area contributed by atoms with E-state index in [0.717, 1.165) is 64.1 Å². The van der Waals surface area contributed by atoms with Gasteiger partial charge in [-0.25, -0.2) is 4.39 Å². The third kappa shape index (κ3) is 5.67. The summed E-state index contributed by atoms with van der Waals surface area (Å²) >= 11 is 0. The molecule has 0 bridgehead atoms. The Morgan fingerprint density at radius 2 is 1.89 bits per heavy atom. The summed E-state index contributed by atoms with van der Waals surface area (Å²) in [5.41, 5.74) is 4.27. The first-order chi connectivity index (χ1) is 17.1. The fraction of sp³-hybridized carbons (Fsp3) is 0.655. The minimum Gasteiger partial charge on any atom is -0.481 e. The van der Waals surface area contributed by atoms with E-state index in [2.05, 4.69) is 35.3 Å². The van der Waals surface area contributed by atoms with Crippen molar-refractivity contribution >= 4 is 5.97 Å². The Kier molecular flexibility index (Phi) is 8.20. The monoisotopic (exact) mass is 498 g/mol. The summed E-state index contributed by atoms with van der Waals surface area (Å²) in [4.78, 5) is 16.6. The molecule has 6 nitrogen and oxygen atoms in total. The van der Waals surface area contributed by atoms with Gasteiger partial charge < -0.3 is 14.9 Å². The summed E-state index contributed by atoms with van der Waals surface area (Å²) in [5, 5.41) is 14.5. The highest BCUT2D eigenvalue weighted by molar-refractivity contribution is 5.73. The first kappa shape index (κ1) is 26.8. The molecule has 1 N–H and O–H groups in total. The SMILES string of the molecule is CCc1nn(CC)c(C)c1C1CCN(C[C@H]2CN(CC(C)(C)C(=O)O)C[C@@H]2c2cccc(F)c2)CC1. The fourth-order valence-electron chi connectivity index (χ4n) is 6.47. The normalized spacial score (nSPS) is 22.4. The van der Waals surface area contributed by atoms with E-state index in [-0.39, 0.29) is 11.7 Å². The molecular weight excluding hydrogens is 455 g/mol. The molecule has 2 atom stereocenters. The van der Waals surface area contributed by atoms with Crippen LogP contribution in [0, 0.1) is 24.1 Å². The summed E-state index contributed by atoms with van der Waals surface area (Å²) in [7, 11) is 0. The number of carboxylic acid groups (broad SMARTS) is 1. The van der Waals surface area contributed by atoms with Crippen LogP contribution in [0.15, 0.2) is 24.3 Å². The molecule has 2 aliphatic heterocycles. The lowest BCUT2D eigenvalue weighted by molar-refractivity contribution is -0.147. The number of aliphatic carboxylic acids is 1. The number of piperidine rings is 1. The van der Waals surface area contributed by atoms with Crippen molar-refractivity contribution < 1.29 is 14.3 Å². The van der Waals surface area contributed by atoms with Crippen LogP contribution in [0.3, 0.4) is 0 Å². The van der Waals surface area contributed by atoms with Crippen LogP contribution in [-0.2, 0) is 17.8 Å². The third-order valence-electron chi connectivity index (χ3n) is 8.44. The van der Waals surface area contributed by atoms with Crippen LogP contribution in [0.5, 0.6) is 0 Å². The maximum Gasteiger partial charge on any atom is 0.310 e. The zero-order valence-corrected chi connectivity index (χ0v) is 22.6. The van der Waals surface area contributed by atoms with E-state index in [1.807, 2.05) is 6.07 Å². The molecule has 0 saturated carbocycles. The molecule has 0 amide bonds. The van der Waals surface area contributed by atoms with Crippen LogP contribution < -0.4 is 0 Å². The van der Waals surface area contributed by atoms with E-state index in [1.165, 1.54) is 23.0 Å². The van der Waals surface area contributed by atoms with Crippen LogP contribution >= 0.6 is 0 Å². The number of hydrogen-bond donors (Lipinski definition) is 1. The Balaban J connectivity index is 1.45. The lowest BCUT2D eigenvalue weighted by Gasteiger charge is -2.35. The van der Waals surface area contributed by atoms with Crippen LogP contribution in [-0.4, -0.2) is 69.9 Å². The Labute approximate surface area is 215 Å². The van der Waals surface area contributed by atoms with E-state index in [9.17, 15) is 14.3 Å². The Hall–Kier alpha value is -2.25. The second-order valence-corrected chi connectivity index (χ2v) is 11.5. The quantitative estimate of drug-likeness (QED) is 0.532. The zero-order chi connectivity index (χ0) is 26.0. The van der Waals surface area contributed by atoms with Crippen molar-refractivity contribution in [3.8, 4) is 0 Å². The minimum absolute atomic E-state index is 0.203. The third-order valence-corrected chi connectivity index (χ3v) is 8.44. The Bertz CT molecular complexity index is 1060. The lowest BCUT2D eigenvalue weighted by atomic mass is 9.85. The number of aryl methyl sites for hydroxylation is 2. The molecule has 2 aliphatic rings. The Morgan fingerprint density at radius 1 is 1.17 bits per heavy atom. The Morgan fingerprint density at radius 3 is 2.50 bits per heavy atom. The molecule has 2 fully saturated rings. The summed E-state index contributed by atoms with van der Waals surface area (Å²) in [6, 6.07) is 6.98. The van der Waals surface area contributed by atoms with Gasteiger partial charge in [0.05, 0.1) is 11.1 Å². The van der Waals surface area contributed by atoms with Gasteiger partial charge in [0.1, 0.15) is 5.82 Å². The van der Waals surface area contributed by atoms with Crippen molar-refractivity contribution in [2.75, 3.05) is 39.3 Å². The number of carbonyl (C=O) groups is 1. The molecule has 0 aliphatic carbocycles. The second kappa shape index (κ2) is 11.0. The highest BCUT2D eigenvalue weighted by Gasteiger charge is 2.39. The highest BCUT2D eigenvalue weighted by atomic mass is 19.1.